The first-order valence-corrected chi connectivity index (χ1v) is 6.90. The van der Waals surface area contributed by atoms with E-state index < -0.39 is 0 Å². The predicted octanol–water partition coefficient (Wildman–Crippen LogP) is 4.37. The van der Waals surface area contributed by atoms with Crippen LogP contribution in [-0.4, -0.2) is 17.1 Å². The lowest BCUT2D eigenvalue weighted by molar-refractivity contribution is 0.415. The summed E-state index contributed by atoms with van der Waals surface area (Å²) in [4.78, 5) is 8.65. The summed E-state index contributed by atoms with van der Waals surface area (Å²) < 4.78 is 5.96. The minimum absolute atomic E-state index is 0.449. The fraction of sp³-hybridized carbons (Fsp3) is 0.167. The molecule has 0 aliphatic rings. The predicted molar refractivity (Wildman–Crippen MR) is 81.5 cm³/mol. The summed E-state index contributed by atoms with van der Waals surface area (Å²) in [7, 11) is 1.57. The molecule has 0 spiro atoms. The third kappa shape index (κ3) is 2.70. The summed E-state index contributed by atoms with van der Waals surface area (Å²) in [5.41, 5.74) is 1.65. The van der Waals surface area contributed by atoms with Crippen molar-refractivity contribution < 1.29 is 4.74 Å². The zero-order valence-electron chi connectivity index (χ0n) is 9.67. The molecule has 0 saturated heterocycles. The number of hydrogen-bond acceptors (Lipinski definition) is 3. The Bertz CT molecular complexity index is 582. The Kier molecular flexibility index (Phi) is 4.29. The molecule has 0 bridgehead atoms. The molecule has 2 rings (SSSR count). The van der Waals surface area contributed by atoms with Crippen molar-refractivity contribution in [2.45, 2.75) is 6.92 Å². The minimum Gasteiger partial charge on any atom is -0.495 e. The maximum absolute atomic E-state index is 6.08. The van der Waals surface area contributed by atoms with E-state index in [1.165, 1.54) is 0 Å². The lowest BCUT2D eigenvalue weighted by Gasteiger charge is -2.07. The van der Waals surface area contributed by atoms with Gasteiger partial charge in [-0.1, -0.05) is 23.2 Å². The van der Waals surface area contributed by atoms with Gasteiger partial charge in [0.2, 0.25) is 0 Å². The molecule has 3 nitrogen and oxygen atoms in total. The third-order valence-corrected chi connectivity index (χ3v) is 4.57. The van der Waals surface area contributed by atoms with E-state index in [4.69, 9.17) is 27.9 Å². The van der Waals surface area contributed by atoms with Crippen molar-refractivity contribution in [3.63, 3.8) is 0 Å². The molecule has 0 amide bonds. The van der Waals surface area contributed by atoms with Gasteiger partial charge in [-0.25, -0.2) is 9.97 Å². The van der Waals surface area contributed by atoms with Crippen molar-refractivity contribution in [2.24, 2.45) is 0 Å². The van der Waals surface area contributed by atoms with Crippen molar-refractivity contribution in [1.29, 1.82) is 0 Å². The van der Waals surface area contributed by atoms with Crippen LogP contribution < -0.4 is 4.74 Å². The molecule has 1 aromatic heterocycles. The first-order chi connectivity index (χ1) is 8.52. The zero-order valence-corrected chi connectivity index (χ0v) is 13.3. The maximum atomic E-state index is 6.08. The molecule has 0 unspecified atom stereocenters. The number of ether oxygens (including phenoxy) is 1. The van der Waals surface area contributed by atoms with Crippen LogP contribution in [-0.2, 0) is 0 Å². The number of aromatic nitrogens is 2. The van der Waals surface area contributed by atoms with Crippen LogP contribution in [0.4, 0.5) is 0 Å². The molecular formula is C12H9Cl2IN2O. The third-order valence-electron chi connectivity index (χ3n) is 2.39. The van der Waals surface area contributed by atoms with Gasteiger partial charge in [-0.2, -0.15) is 0 Å². The molecule has 0 fully saturated rings. The highest BCUT2D eigenvalue weighted by molar-refractivity contribution is 14.1. The van der Waals surface area contributed by atoms with Crippen molar-refractivity contribution in [3.8, 4) is 17.1 Å². The van der Waals surface area contributed by atoms with E-state index in [1.54, 1.807) is 19.2 Å². The molecule has 2 aromatic rings. The van der Waals surface area contributed by atoms with E-state index >= 15 is 0 Å². The van der Waals surface area contributed by atoms with E-state index in [1.807, 2.05) is 13.0 Å². The van der Waals surface area contributed by atoms with E-state index in [2.05, 4.69) is 32.6 Å². The molecule has 6 heteroatoms. The van der Waals surface area contributed by atoms with Gasteiger partial charge in [0.05, 0.1) is 21.4 Å². The van der Waals surface area contributed by atoms with Gasteiger partial charge in [-0.15, -0.1) is 0 Å². The second kappa shape index (κ2) is 5.59. The van der Waals surface area contributed by atoms with Crippen LogP contribution in [0.15, 0.2) is 18.2 Å². The van der Waals surface area contributed by atoms with E-state index in [-0.39, 0.29) is 0 Å². The first-order valence-electron chi connectivity index (χ1n) is 5.06. The number of hydrogen-bond donors (Lipinski definition) is 0. The summed E-state index contributed by atoms with van der Waals surface area (Å²) in [6.45, 7) is 1.89. The van der Waals surface area contributed by atoms with Crippen LogP contribution in [0.3, 0.4) is 0 Å². The van der Waals surface area contributed by atoms with Crippen molar-refractivity contribution in [2.75, 3.05) is 7.11 Å². The molecule has 0 saturated carbocycles. The summed E-state index contributed by atoms with van der Waals surface area (Å²) in [6, 6.07) is 5.39. The molecular weight excluding hydrogens is 386 g/mol. The van der Waals surface area contributed by atoms with Crippen LogP contribution >= 0.6 is 45.8 Å². The van der Waals surface area contributed by atoms with Gasteiger partial charge >= 0.3 is 0 Å². The Hall–Kier alpha value is -0.590. The topological polar surface area (TPSA) is 35.0 Å². The largest absolute Gasteiger partial charge is 0.495 e. The van der Waals surface area contributed by atoms with Crippen LogP contribution in [0.2, 0.25) is 10.2 Å². The lowest BCUT2D eigenvalue weighted by Crippen LogP contribution is -1.96. The number of nitrogens with zero attached hydrogens (tertiary/aromatic N) is 2. The second-order valence-corrected chi connectivity index (χ2v) is 5.43. The zero-order chi connectivity index (χ0) is 13.3. The van der Waals surface area contributed by atoms with Crippen LogP contribution in [0, 0.1) is 10.5 Å². The summed E-state index contributed by atoms with van der Waals surface area (Å²) in [6.07, 6.45) is 0. The Labute approximate surface area is 129 Å². The Morgan fingerprint density at radius 1 is 1.22 bits per heavy atom. The van der Waals surface area contributed by atoms with Gasteiger partial charge in [0.1, 0.15) is 10.9 Å². The maximum Gasteiger partial charge on any atom is 0.161 e. The van der Waals surface area contributed by atoms with Gasteiger partial charge < -0.3 is 4.74 Å². The summed E-state index contributed by atoms with van der Waals surface area (Å²) >= 11 is 14.2. The molecule has 0 aliphatic carbocycles. The average Bonchev–Trinajstić information content (AvgIpc) is 2.35. The smallest absolute Gasteiger partial charge is 0.161 e. The number of aryl methyl sites for hydroxylation is 1. The number of rotatable bonds is 2. The van der Waals surface area contributed by atoms with Gasteiger partial charge in [-0.05, 0) is 47.7 Å². The van der Waals surface area contributed by atoms with Gasteiger partial charge in [0.15, 0.2) is 5.82 Å². The van der Waals surface area contributed by atoms with E-state index in [0.717, 1.165) is 14.8 Å². The highest BCUT2D eigenvalue weighted by Crippen LogP contribution is 2.30. The van der Waals surface area contributed by atoms with Crippen molar-refractivity contribution >= 4 is 45.8 Å². The summed E-state index contributed by atoms with van der Waals surface area (Å²) in [5, 5.41) is 0.968. The highest BCUT2D eigenvalue weighted by atomic mass is 127. The average molecular weight is 395 g/mol. The fourth-order valence-corrected chi connectivity index (χ4v) is 2.17. The highest BCUT2D eigenvalue weighted by Gasteiger charge is 2.10. The molecule has 94 valence electrons. The molecule has 1 heterocycles. The van der Waals surface area contributed by atoms with E-state index in [0.29, 0.717) is 21.7 Å². The quantitative estimate of drug-likeness (QED) is 0.560. The Balaban J connectivity index is 2.52. The van der Waals surface area contributed by atoms with Crippen LogP contribution in [0.25, 0.3) is 11.4 Å². The SMILES string of the molecule is COc1ccc(-c2nc(C)c(I)c(Cl)n2)cc1Cl. The second-order valence-electron chi connectivity index (χ2n) is 3.59. The number of halogens is 3. The lowest BCUT2D eigenvalue weighted by atomic mass is 10.2. The minimum atomic E-state index is 0.449. The van der Waals surface area contributed by atoms with Gasteiger partial charge in [-0.3, -0.25) is 0 Å². The first kappa shape index (κ1) is 13.8. The molecule has 0 radical (unpaired) electrons. The Morgan fingerprint density at radius 2 is 1.94 bits per heavy atom. The Morgan fingerprint density at radius 3 is 2.50 bits per heavy atom. The van der Waals surface area contributed by atoms with Gasteiger partial charge in [0.25, 0.3) is 0 Å². The monoisotopic (exact) mass is 394 g/mol. The standard InChI is InChI=1S/C12H9Cl2IN2O/c1-6-10(15)11(14)17-12(16-6)7-3-4-9(18-2)8(13)5-7/h3-5H,1-2H3. The molecule has 0 N–H and O–H groups in total. The van der Waals surface area contributed by atoms with Crippen LogP contribution in [0.5, 0.6) is 5.75 Å². The van der Waals surface area contributed by atoms with Crippen LogP contribution in [0.1, 0.15) is 5.69 Å². The van der Waals surface area contributed by atoms with E-state index in [9.17, 15) is 0 Å². The molecule has 0 aliphatic heterocycles. The molecule has 1 aromatic carbocycles. The van der Waals surface area contributed by atoms with Crippen molar-refractivity contribution in [1.82, 2.24) is 9.97 Å². The number of methoxy groups -OCH3 is 1. The number of benzene rings is 1. The fourth-order valence-electron chi connectivity index (χ4n) is 1.46. The van der Waals surface area contributed by atoms with Crippen molar-refractivity contribution in [3.05, 3.63) is 37.6 Å². The normalized spacial score (nSPS) is 10.5. The summed E-state index contributed by atoms with van der Waals surface area (Å²) in [5.74, 6) is 1.18. The molecule has 0 atom stereocenters. The van der Waals surface area contributed by atoms with Gasteiger partial charge in [0, 0.05) is 5.56 Å². The molecule has 18 heavy (non-hydrogen) atoms.